The fourth-order valence-electron chi connectivity index (χ4n) is 5.33. The Morgan fingerprint density at radius 2 is 1.65 bits per heavy atom. The molecule has 1 aromatic heterocycles. The minimum Gasteiger partial charge on any atom is -0.358 e. The lowest BCUT2D eigenvalue weighted by Gasteiger charge is -2.27. The van der Waals surface area contributed by atoms with Crippen molar-refractivity contribution in [3.05, 3.63) is 35.5 Å². The standard InChI is InChI=1S/C22H31N3O/c1-14-20(19-7-5-6-8-21(19)23-14)13-22(26)25(4)18-11-15-9-17(24(2)3)10-16(15)12-18/h5-8,15-18,23H,9-13H2,1-4H3/t15-,16+,17?,18?. The van der Waals surface area contributed by atoms with Crippen LogP contribution in [0.15, 0.2) is 24.3 Å². The summed E-state index contributed by atoms with van der Waals surface area (Å²) >= 11 is 0. The number of benzene rings is 1. The fraction of sp³-hybridized carbons (Fsp3) is 0.591. The Kier molecular flexibility index (Phi) is 4.55. The van der Waals surface area contributed by atoms with Gasteiger partial charge in [-0.15, -0.1) is 0 Å². The maximum absolute atomic E-state index is 13.0. The third kappa shape index (κ3) is 3.05. The van der Waals surface area contributed by atoms with Crippen LogP contribution >= 0.6 is 0 Å². The second-order valence-corrected chi connectivity index (χ2v) is 8.69. The van der Waals surface area contributed by atoms with Crippen molar-refractivity contribution in [3.63, 3.8) is 0 Å². The van der Waals surface area contributed by atoms with E-state index in [1.807, 2.05) is 24.1 Å². The third-order valence-electron chi connectivity index (χ3n) is 6.99. The molecule has 0 saturated heterocycles. The van der Waals surface area contributed by atoms with Gasteiger partial charge < -0.3 is 14.8 Å². The van der Waals surface area contributed by atoms with E-state index in [4.69, 9.17) is 0 Å². The van der Waals surface area contributed by atoms with Crippen molar-refractivity contribution in [3.8, 4) is 0 Å². The molecule has 4 heteroatoms. The predicted octanol–water partition coefficient (Wildman–Crippen LogP) is 3.60. The number of hydrogen-bond acceptors (Lipinski definition) is 2. The minimum atomic E-state index is 0.256. The molecule has 140 valence electrons. The van der Waals surface area contributed by atoms with Crippen LogP contribution in [0.5, 0.6) is 0 Å². The predicted molar refractivity (Wildman–Crippen MR) is 106 cm³/mol. The van der Waals surface area contributed by atoms with Gasteiger partial charge in [0.15, 0.2) is 0 Å². The zero-order valence-electron chi connectivity index (χ0n) is 16.5. The van der Waals surface area contributed by atoms with Crippen LogP contribution < -0.4 is 0 Å². The Morgan fingerprint density at radius 3 is 2.31 bits per heavy atom. The number of para-hydroxylation sites is 1. The first-order chi connectivity index (χ1) is 12.4. The minimum absolute atomic E-state index is 0.256. The number of aromatic amines is 1. The van der Waals surface area contributed by atoms with Crippen LogP contribution in [0.3, 0.4) is 0 Å². The van der Waals surface area contributed by atoms with E-state index in [2.05, 4.69) is 43.0 Å². The lowest BCUT2D eigenvalue weighted by Crippen LogP contribution is -2.37. The molecule has 0 spiro atoms. The number of carbonyl (C=O) groups is 1. The number of carbonyl (C=O) groups excluding carboxylic acids is 1. The van der Waals surface area contributed by atoms with Crippen molar-refractivity contribution >= 4 is 16.8 Å². The second-order valence-electron chi connectivity index (χ2n) is 8.69. The van der Waals surface area contributed by atoms with Crippen molar-refractivity contribution in [1.29, 1.82) is 0 Å². The van der Waals surface area contributed by atoms with E-state index in [-0.39, 0.29) is 5.91 Å². The summed E-state index contributed by atoms with van der Waals surface area (Å²) in [6.45, 7) is 2.07. The molecule has 1 N–H and O–H groups in total. The molecular formula is C22H31N3O. The van der Waals surface area contributed by atoms with Gasteiger partial charge in [0.05, 0.1) is 6.42 Å². The molecule has 2 aliphatic carbocycles. The first-order valence-electron chi connectivity index (χ1n) is 9.92. The SMILES string of the molecule is Cc1[nH]c2ccccc2c1CC(=O)N(C)C1C[C@H]2CC(N(C)C)C[C@H]2C1. The van der Waals surface area contributed by atoms with Crippen LogP contribution in [0, 0.1) is 18.8 Å². The quantitative estimate of drug-likeness (QED) is 0.912. The van der Waals surface area contributed by atoms with E-state index in [9.17, 15) is 4.79 Å². The van der Waals surface area contributed by atoms with Gasteiger partial charge in [-0.05, 0) is 70.2 Å². The van der Waals surface area contributed by atoms with Crippen LogP contribution in [-0.4, -0.2) is 53.9 Å². The van der Waals surface area contributed by atoms with Gasteiger partial charge >= 0.3 is 0 Å². The highest BCUT2D eigenvalue weighted by Crippen LogP contribution is 2.46. The fourth-order valence-corrected chi connectivity index (χ4v) is 5.33. The van der Waals surface area contributed by atoms with Gasteiger partial charge in [-0.25, -0.2) is 0 Å². The van der Waals surface area contributed by atoms with Crippen molar-refractivity contribution in [2.24, 2.45) is 11.8 Å². The van der Waals surface area contributed by atoms with Gasteiger partial charge in [0.1, 0.15) is 0 Å². The number of fused-ring (bicyclic) bond motifs is 2. The summed E-state index contributed by atoms with van der Waals surface area (Å²) in [6, 6.07) is 9.44. The lowest BCUT2D eigenvalue weighted by molar-refractivity contribution is -0.131. The van der Waals surface area contributed by atoms with E-state index in [0.29, 0.717) is 12.5 Å². The number of aromatic nitrogens is 1. The highest BCUT2D eigenvalue weighted by atomic mass is 16.2. The summed E-state index contributed by atoms with van der Waals surface area (Å²) in [5.74, 6) is 1.86. The number of nitrogens with zero attached hydrogens (tertiary/aromatic N) is 2. The molecular weight excluding hydrogens is 322 g/mol. The van der Waals surface area contributed by atoms with Crippen LogP contribution in [0.4, 0.5) is 0 Å². The maximum atomic E-state index is 13.0. The number of aryl methyl sites for hydroxylation is 1. The molecule has 0 radical (unpaired) electrons. The average molecular weight is 354 g/mol. The van der Waals surface area contributed by atoms with Gasteiger partial charge in [-0.2, -0.15) is 0 Å². The Morgan fingerprint density at radius 1 is 1.04 bits per heavy atom. The summed E-state index contributed by atoms with van der Waals surface area (Å²) < 4.78 is 0. The van der Waals surface area contributed by atoms with Gasteiger partial charge in [-0.3, -0.25) is 4.79 Å². The second kappa shape index (κ2) is 6.73. The van der Waals surface area contributed by atoms with E-state index in [0.717, 1.165) is 34.7 Å². The molecule has 1 heterocycles. The summed E-state index contributed by atoms with van der Waals surface area (Å²) in [4.78, 5) is 20.8. The van der Waals surface area contributed by atoms with Crippen LogP contribution in [0.2, 0.25) is 0 Å². The molecule has 26 heavy (non-hydrogen) atoms. The van der Waals surface area contributed by atoms with Crippen LogP contribution in [0.25, 0.3) is 10.9 Å². The summed E-state index contributed by atoms with van der Waals surface area (Å²) in [7, 11) is 6.41. The van der Waals surface area contributed by atoms with Crippen molar-refractivity contribution in [1.82, 2.24) is 14.8 Å². The zero-order valence-corrected chi connectivity index (χ0v) is 16.5. The van der Waals surface area contributed by atoms with Crippen molar-refractivity contribution < 1.29 is 4.79 Å². The maximum Gasteiger partial charge on any atom is 0.227 e. The van der Waals surface area contributed by atoms with E-state index < -0.39 is 0 Å². The number of amides is 1. The van der Waals surface area contributed by atoms with Gasteiger partial charge in [0, 0.05) is 35.7 Å². The Labute approximate surface area is 156 Å². The number of rotatable bonds is 4. The highest BCUT2D eigenvalue weighted by Gasteiger charge is 2.44. The summed E-state index contributed by atoms with van der Waals surface area (Å²) in [5, 5.41) is 1.18. The van der Waals surface area contributed by atoms with Gasteiger partial charge in [0.25, 0.3) is 0 Å². The average Bonchev–Trinajstić information content (AvgIpc) is 3.26. The third-order valence-corrected chi connectivity index (χ3v) is 6.99. The van der Waals surface area contributed by atoms with Crippen LogP contribution in [-0.2, 0) is 11.2 Å². The van der Waals surface area contributed by atoms with Crippen molar-refractivity contribution in [2.75, 3.05) is 21.1 Å². The lowest BCUT2D eigenvalue weighted by atomic mass is 10.0. The Balaban J connectivity index is 1.42. The first kappa shape index (κ1) is 17.6. The van der Waals surface area contributed by atoms with Crippen molar-refractivity contribution in [2.45, 2.75) is 51.1 Å². The smallest absolute Gasteiger partial charge is 0.227 e. The Bertz CT molecular complexity index is 795. The molecule has 4 rings (SSSR count). The number of hydrogen-bond donors (Lipinski definition) is 1. The number of H-pyrrole nitrogens is 1. The largest absolute Gasteiger partial charge is 0.358 e. The van der Waals surface area contributed by atoms with Gasteiger partial charge in [0.2, 0.25) is 5.91 Å². The van der Waals surface area contributed by atoms with Gasteiger partial charge in [-0.1, -0.05) is 18.2 Å². The van der Waals surface area contributed by atoms with Crippen LogP contribution in [0.1, 0.15) is 36.9 Å². The molecule has 0 aliphatic heterocycles. The molecule has 4 atom stereocenters. The molecule has 1 amide bonds. The topological polar surface area (TPSA) is 39.3 Å². The molecule has 2 unspecified atom stereocenters. The molecule has 2 fully saturated rings. The Hall–Kier alpha value is -1.81. The normalized spacial score (nSPS) is 28.0. The molecule has 2 saturated carbocycles. The van der Waals surface area contributed by atoms with E-state index in [1.54, 1.807) is 0 Å². The summed E-state index contributed by atoms with van der Waals surface area (Å²) in [6.07, 6.45) is 5.47. The number of likely N-dealkylation sites (N-methyl/N-ethyl adjacent to an activating group) is 1. The molecule has 2 aliphatic rings. The monoisotopic (exact) mass is 353 g/mol. The van der Waals surface area contributed by atoms with E-state index >= 15 is 0 Å². The highest BCUT2D eigenvalue weighted by molar-refractivity contribution is 5.90. The summed E-state index contributed by atoms with van der Waals surface area (Å²) in [5.41, 5.74) is 3.40. The van der Waals surface area contributed by atoms with E-state index in [1.165, 1.54) is 31.1 Å². The molecule has 2 aromatic rings. The molecule has 4 nitrogen and oxygen atoms in total. The molecule has 1 aromatic carbocycles. The zero-order chi connectivity index (χ0) is 18.4. The number of nitrogens with one attached hydrogen (secondary N) is 1. The molecule has 0 bridgehead atoms. The first-order valence-corrected chi connectivity index (χ1v) is 9.92.